The highest BCUT2D eigenvalue weighted by atomic mass is 32.2. The van der Waals surface area contributed by atoms with Gasteiger partial charge in [-0.15, -0.1) is 0 Å². The highest BCUT2D eigenvalue weighted by Gasteiger charge is 2.33. The quantitative estimate of drug-likeness (QED) is 0.728. The van der Waals surface area contributed by atoms with Crippen LogP contribution in [0.4, 0.5) is 5.69 Å². The summed E-state index contributed by atoms with van der Waals surface area (Å²) in [6.45, 7) is -0.608. The minimum atomic E-state index is -4.08. The molecule has 1 aliphatic heterocycles. The molecule has 0 saturated carbocycles. The van der Waals surface area contributed by atoms with Crippen molar-refractivity contribution in [2.75, 3.05) is 25.0 Å². The van der Waals surface area contributed by atoms with Crippen LogP contribution in [0.3, 0.4) is 0 Å². The number of nitriles is 1. The molecular weight excluding hydrogens is 396 g/mol. The summed E-state index contributed by atoms with van der Waals surface area (Å²) in [6, 6.07) is 14.2. The van der Waals surface area contributed by atoms with Crippen molar-refractivity contribution in [3.63, 3.8) is 0 Å². The molecule has 150 valence electrons. The van der Waals surface area contributed by atoms with Crippen LogP contribution in [-0.2, 0) is 19.6 Å². The first-order valence-electron chi connectivity index (χ1n) is 8.64. The predicted molar refractivity (Wildman–Crippen MR) is 104 cm³/mol. The molecule has 3 rings (SSSR count). The van der Waals surface area contributed by atoms with Crippen molar-refractivity contribution < 1.29 is 22.7 Å². The van der Waals surface area contributed by atoms with Gasteiger partial charge in [-0.2, -0.15) is 5.26 Å². The molecule has 0 unspecified atom stereocenters. The van der Waals surface area contributed by atoms with Gasteiger partial charge in [0.1, 0.15) is 11.8 Å². The van der Waals surface area contributed by atoms with Gasteiger partial charge in [0.05, 0.1) is 29.2 Å². The minimum absolute atomic E-state index is 0.0242. The number of rotatable bonds is 5. The Labute approximate surface area is 167 Å². The van der Waals surface area contributed by atoms with E-state index in [1.165, 1.54) is 30.1 Å². The average molecular weight is 414 g/mol. The molecule has 1 atom stereocenters. The molecule has 0 spiro atoms. The fourth-order valence-electron chi connectivity index (χ4n) is 2.89. The first kappa shape index (κ1) is 20.3. The number of fused-ring (bicyclic) bond motifs is 1. The second-order valence-electron chi connectivity index (χ2n) is 6.13. The molecule has 2 N–H and O–H groups in total. The Morgan fingerprint density at radius 2 is 1.90 bits per heavy atom. The van der Waals surface area contributed by atoms with Crippen LogP contribution in [-0.4, -0.2) is 46.5 Å². The Bertz CT molecular complexity index is 1090. The van der Waals surface area contributed by atoms with Gasteiger partial charge >= 0.3 is 0 Å². The van der Waals surface area contributed by atoms with E-state index in [2.05, 4.69) is 10.0 Å². The molecule has 2 aromatic rings. The molecule has 0 bridgehead atoms. The van der Waals surface area contributed by atoms with Crippen molar-refractivity contribution in [2.24, 2.45) is 0 Å². The molecule has 10 heteroatoms. The number of ether oxygens (including phenoxy) is 1. The molecule has 2 amide bonds. The van der Waals surface area contributed by atoms with Crippen LogP contribution in [0.15, 0.2) is 53.4 Å². The lowest BCUT2D eigenvalue weighted by molar-refractivity contribution is -0.127. The van der Waals surface area contributed by atoms with Gasteiger partial charge in [-0.1, -0.05) is 24.3 Å². The number of para-hydroxylation sites is 2. The summed E-state index contributed by atoms with van der Waals surface area (Å²) < 4.78 is 32.9. The number of anilines is 1. The van der Waals surface area contributed by atoms with Crippen molar-refractivity contribution in [1.82, 2.24) is 10.0 Å². The second-order valence-corrected chi connectivity index (χ2v) is 7.86. The summed E-state index contributed by atoms with van der Waals surface area (Å²) in [5.41, 5.74) is 0.415. The van der Waals surface area contributed by atoms with E-state index in [0.717, 1.165) is 0 Å². The summed E-state index contributed by atoms with van der Waals surface area (Å²) in [4.78, 5) is 25.9. The van der Waals surface area contributed by atoms with E-state index in [-0.39, 0.29) is 17.0 Å². The third-order valence-electron chi connectivity index (χ3n) is 4.32. The van der Waals surface area contributed by atoms with Crippen LogP contribution in [0, 0.1) is 11.3 Å². The fraction of sp³-hybridized carbons (Fsp3) is 0.211. The van der Waals surface area contributed by atoms with Gasteiger partial charge < -0.3 is 15.0 Å². The molecule has 1 aliphatic rings. The number of nitrogens with zero attached hydrogens (tertiary/aromatic N) is 2. The lowest BCUT2D eigenvalue weighted by Gasteiger charge is -2.34. The van der Waals surface area contributed by atoms with Crippen molar-refractivity contribution in [1.29, 1.82) is 5.26 Å². The molecule has 29 heavy (non-hydrogen) atoms. The number of amides is 2. The van der Waals surface area contributed by atoms with Crippen molar-refractivity contribution >= 4 is 27.5 Å². The zero-order valence-electron chi connectivity index (χ0n) is 15.5. The summed E-state index contributed by atoms with van der Waals surface area (Å²) in [5.74, 6) is -0.619. The molecule has 0 saturated heterocycles. The molecular formula is C19H18N4O5S. The maximum atomic E-state index is 12.8. The Balaban J connectivity index is 1.81. The summed E-state index contributed by atoms with van der Waals surface area (Å²) in [6.07, 6.45) is -0.922. The standard InChI is InChI=1S/C19H18N4O5S/c1-21-19(25)16-12-23(14-7-3-4-8-15(14)28-16)18(24)11-22-29(26,27)17-9-5-2-6-13(17)10-20/h2-9,16,22H,11-12H2,1H3,(H,21,25)/t16-/m1/s1. The Morgan fingerprint density at radius 1 is 1.21 bits per heavy atom. The predicted octanol–water partition coefficient (Wildman–Crippen LogP) is 0.377. The maximum Gasteiger partial charge on any atom is 0.262 e. The number of nitrogens with one attached hydrogen (secondary N) is 2. The van der Waals surface area contributed by atoms with Gasteiger partial charge in [0, 0.05) is 7.05 Å². The smallest absolute Gasteiger partial charge is 0.262 e. The Morgan fingerprint density at radius 3 is 2.62 bits per heavy atom. The van der Waals surface area contributed by atoms with Gasteiger partial charge in [0.15, 0.2) is 6.10 Å². The SMILES string of the molecule is CNC(=O)[C@H]1CN(C(=O)CNS(=O)(=O)c2ccccc2C#N)c2ccccc2O1. The molecule has 0 fully saturated rings. The molecule has 2 aromatic carbocycles. The third-order valence-corrected chi connectivity index (χ3v) is 5.78. The topological polar surface area (TPSA) is 129 Å². The monoisotopic (exact) mass is 414 g/mol. The van der Waals surface area contributed by atoms with E-state index in [4.69, 9.17) is 10.00 Å². The molecule has 1 heterocycles. The molecule has 9 nitrogen and oxygen atoms in total. The summed E-state index contributed by atoms with van der Waals surface area (Å²) in [7, 11) is -2.62. The van der Waals surface area contributed by atoms with Crippen molar-refractivity contribution in [3.05, 3.63) is 54.1 Å². The highest BCUT2D eigenvalue weighted by molar-refractivity contribution is 7.89. The van der Waals surface area contributed by atoms with Crippen LogP contribution in [0.1, 0.15) is 5.56 Å². The van der Waals surface area contributed by atoms with Crippen LogP contribution in [0.25, 0.3) is 0 Å². The second kappa shape index (κ2) is 8.30. The van der Waals surface area contributed by atoms with Gasteiger partial charge in [-0.3, -0.25) is 9.59 Å². The van der Waals surface area contributed by atoms with Gasteiger partial charge in [0.2, 0.25) is 15.9 Å². The van der Waals surface area contributed by atoms with E-state index in [1.807, 2.05) is 6.07 Å². The van der Waals surface area contributed by atoms with Gasteiger partial charge in [0.25, 0.3) is 5.91 Å². The Hall–Kier alpha value is -3.42. The number of likely N-dealkylation sites (N-methyl/N-ethyl adjacent to an activating group) is 1. The van der Waals surface area contributed by atoms with E-state index in [1.54, 1.807) is 30.3 Å². The minimum Gasteiger partial charge on any atom is -0.477 e. The number of benzene rings is 2. The first-order chi connectivity index (χ1) is 13.9. The van der Waals surface area contributed by atoms with Crippen LogP contribution < -0.4 is 19.7 Å². The first-order valence-corrected chi connectivity index (χ1v) is 10.1. The maximum absolute atomic E-state index is 12.8. The zero-order chi connectivity index (χ0) is 21.0. The summed E-state index contributed by atoms with van der Waals surface area (Å²) in [5, 5.41) is 11.6. The number of hydrogen-bond donors (Lipinski definition) is 2. The highest BCUT2D eigenvalue weighted by Crippen LogP contribution is 2.33. The van der Waals surface area contributed by atoms with Crippen molar-refractivity contribution in [3.8, 4) is 11.8 Å². The zero-order valence-corrected chi connectivity index (χ0v) is 16.3. The van der Waals surface area contributed by atoms with E-state index in [0.29, 0.717) is 11.4 Å². The largest absolute Gasteiger partial charge is 0.477 e. The average Bonchev–Trinajstić information content (AvgIpc) is 2.76. The van der Waals surface area contributed by atoms with Crippen LogP contribution in [0.2, 0.25) is 0 Å². The normalized spacial score (nSPS) is 15.6. The van der Waals surface area contributed by atoms with E-state index in [9.17, 15) is 18.0 Å². The molecule has 0 aliphatic carbocycles. The summed E-state index contributed by atoms with van der Waals surface area (Å²) >= 11 is 0. The molecule has 0 radical (unpaired) electrons. The number of carbonyl (C=O) groups excluding carboxylic acids is 2. The molecule has 0 aromatic heterocycles. The number of carbonyl (C=O) groups is 2. The third kappa shape index (κ3) is 4.21. The lowest BCUT2D eigenvalue weighted by Crippen LogP contribution is -2.52. The number of sulfonamides is 1. The van der Waals surface area contributed by atoms with E-state index >= 15 is 0 Å². The van der Waals surface area contributed by atoms with Crippen molar-refractivity contribution in [2.45, 2.75) is 11.0 Å². The lowest BCUT2D eigenvalue weighted by atomic mass is 10.1. The van der Waals surface area contributed by atoms with Crippen LogP contribution in [0.5, 0.6) is 5.75 Å². The Kier molecular flexibility index (Phi) is 5.81. The van der Waals surface area contributed by atoms with Crippen LogP contribution >= 0.6 is 0 Å². The van der Waals surface area contributed by atoms with Gasteiger partial charge in [-0.25, -0.2) is 13.1 Å². The van der Waals surface area contributed by atoms with Gasteiger partial charge in [-0.05, 0) is 24.3 Å². The number of hydrogen-bond acceptors (Lipinski definition) is 6. The van der Waals surface area contributed by atoms with E-state index < -0.39 is 34.5 Å². The fourth-order valence-corrected chi connectivity index (χ4v) is 4.02.